The van der Waals surface area contributed by atoms with E-state index in [-0.39, 0.29) is 0 Å². The van der Waals surface area contributed by atoms with Crippen LogP contribution in [-0.4, -0.2) is 5.52 Å². The topological polar surface area (TPSA) is 52.6 Å². The Labute approximate surface area is 141 Å². The number of benzene rings is 2. The van der Waals surface area contributed by atoms with Gasteiger partial charge in [0.05, 0.1) is 0 Å². The molecule has 3 rings (SSSR count). The fourth-order valence-electron chi connectivity index (χ4n) is 2.27. The van der Waals surface area contributed by atoms with Gasteiger partial charge in [-0.15, -0.1) is 0 Å². The van der Waals surface area contributed by atoms with E-state index in [1.807, 2.05) is 18.2 Å². The molecule has 1 aliphatic rings. The van der Waals surface area contributed by atoms with Gasteiger partial charge in [-0.05, 0) is 37.1 Å². The summed E-state index contributed by atoms with van der Waals surface area (Å²) in [5.74, 6) is 0.649. The molecule has 0 aromatic heterocycles. The van der Waals surface area contributed by atoms with Crippen LogP contribution < -0.4 is 9.05 Å². The van der Waals surface area contributed by atoms with Crippen molar-refractivity contribution in [1.82, 2.24) is 0 Å². The minimum Gasteiger partial charge on any atom is -0.411 e. The van der Waals surface area contributed by atoms with E-state index in [1.54, 1.807) is 60.7 Å². The zero-order chi connectivity index (χ0) is 16.8. The summed E-state index contributed by atoms with van der Waals surface area (Å²) >= 11 is 0. The monoisotopic (exact) mass is 340 g/mol. The highest BCUT2D eigenvalue weighted by atomic mass is 31.2. The van der Waals surface area contributed by atoms with Crippen LogP contribution in [0.15, 0.2) is 84.5 Å². The van der Waals surface area contributed by atoms with Gasteiger partial charge in [-0.25, -0.2) is 4.57 Å². The summed E-state index contributed by atoms with van der Waals surface area (Å²) in [6.07, 6.45) is 6.90. The van der Waals surface area contributed by atoms with Crippen molar-refractivity contribution in [3.05, 3.63) is 84.5 Å². The molecule has 0 amide bonds. The third kappa shape index (κ3) is 3.84. The number of hydrogen-bond donors (Lipinski definition) is 0. The molecule has 0 saturated heterocycles. The fourth-order valence-corrected chi connectivity index (χ4v) is 3.76. The predicted octanol–water partition coefficient (Wildman–Crippen LogP) is 5.14. The van der Waals surface area contributed by atoms with Crippen molar-refractivity contribution < 1.29 is 18.4 Å². The summed E-state index contributed by atoms with van der Waals surface area (Å²) in [5, 5.41) is 0. The maximum atomic E-state index is 13.3. The van der Waals surface area contributed by atoms with Gasteiger partial charge in [0.1, 0.15) is 11.5 Å². The highest BCUT2D eigenvalue weighted by molar-refractivity contribution is 7.73. The molecule has 4 nitrogen and oxygen atoms in total. The van der Waals surface area contributed by atoms with E-state index in [0.29, 0.717) is 17.1 Å². The van der Waals surface area contributed by atoms with E-state index in [9.17, 15) is 9.36 Å². The maximum absolute atomic E-state index is 13.3. The zero-order valence-corrected chi connectivity index (χ0v) is 13.9. The van der Waals surface area contributed by atoms with Crippen LogP contribution in [0.4, 0.5) is 0 Å². The first-order valence-corrected chi connectivity index (χ1v) is 9.22. The molecule has 122 valence electrons. The lowest BCUT2D eigenvalue weighted by Gasteiger charge is -2.19. The minimum atomic E-state index is -4.08. The van der Waals surface area contributed by atoms with E-state index in [0.717, 1.165) is 12.8 Å². The lowest BCUT2D eigenvalue weighted by molar-refractivity contribution is -0.109. The van der Waals surface area contributed by atoms with Gasteiger partial charge in [-0.3, -0.25) is 4.79 Å². The summed E-state index contributed by atoms with van der Waals surface area (Å²) < 4.78 is 24.3. The van der Waals surface area contributed by atoms with Crippen LogP contribution in [0.3, 0.4) is 0 Å². The second kappa shape index (κ2) is 7.33. The molecule has 0 fully saturated rings. The summed E-state index contributed by atoms with van der Waals surface area (Å²) in [7, 11) is -4.08. The van der Waals surface area contributed by atoms with Crippen molar-refractivity contribution in [3.63, 3.8) is 0 Å². The van der Waals surface area contributed by atoms with E-state index in [2.05, 4.69) is 0 Å². The quantitative estimate of drug-likeness (QED) is 0.683. The van der Waals surface area contributed by atoms with Crippen molar-refractivity contribution >= 4 is 13.1 Å². The number of carbonyl (C=O) groups excluding carboxylic acids is 1. The molecular weight excluding hydrogens is 323 g/mol. The zero-order valence-electron chi connectivity index (χ0n) is 13.0. The van der Waals surface area contributed by atoms with Gasteiger partial charge in [-0.2, -0.15) is 0 Å². The van der Waals surface area contributed by atoms with Gasteiger partial charge in [-0.1, -0.05) is 54.6 Å². The molecule has 0 heterocycles. The largest absolute Gasteiger partial charge is 0.503 e. The average Bonchev–Trinajstić information content (AvgIpc) is 2.63. The fraction of sp³-hybridized carbons (Fsp3) is 0.105. The molecule has 0 aliphatic heterocycles. The summed E-state index contributed by atoms with van der Waals surface area (Å²) in [5.41, 5.74) is -0.275. The molecule has 0 atom stereocenters. The third-order valence-electron chi connectivity index (χ3n) is 3.43. The van der Waals surface area contributed by atoms with Crippen molar-refractivity contribution in [2.45, 2.75) is 12.8 Å². The van der Waals surface area contributed by atoms with Gasteiger partial charge in [0, 0.05) is 5.57 Å². The normalized spacial score (nSPS) is 13.9. The van der Waals surface area contributed by atoms with Crippen molar-refractivity contribution in [1.29, 1.82) is 0 Å². The Morgan fingerprint density at radius 2 is 1.38 bits per heavy atom. The molecule has 0 spiro atoms. The first-order chi connectivity index (χ1) is 11.7. The molecule has 0 saturated carbocycles. The number of para-hydroxylation sites is 2. The molecule has 24 heavy (non-hydrogen) atoms. The predicted molar refractivity (Wildman–Crippen MR) is 93.2 cm³/mol. The van der Waals surface area contributed by atoms with E-state index in [4.69, 9.17) is 9.05 Å². The van der Waals surface area contributed by atoms with Gasteiger partial charge < -0.3 is 9.05 Å². The second-order valence-electron chi connectivity index (χ2n) is 5.25. The van der Waals surface area contributed by atoms with Crippen LogP contribution in [0, 0.1) is 0 Å². The Bertz CT molecular complexity index is 764. The Morgan fingerprint density at radius 3 is 1.83 bits per heavy atom. The molecule has 5 heteroatoms. The number of hydrogen-bond acceptors (Lipinski definition) is 4. The molecule has 2 aromatic carbocycles. The Kier molecular flexibility index (Phi) is 4.97. The van der Waals surface area contributed by atoms with Crippen LogP contribution in [0.1, 0.15) is 12.8 Å². The number of rotatable bonds is 6. The molecule has 2 aromatic rings. The van der Waals surface area contributed by atoms with Gasteiger partial charge in [0.25, 0.3) is 5.52 Å². The summed E-state index contributed by atoms with van der Waals surface area (Å²) in [6, 6.07) is 17.1. The van der Waals surface area contributed by atoms with Crippen molar-refractivity contribution in [2.24, 2.45) is 0 Å². The van der Waals surface area contributed by atoms with Crippen LogP contribution >= 0.6 is 7.60 Å². The van der Waals surface area contributed by atoms with Crippen LogP contribution in [0.25, 0.3) is 0 Å². The Morgan fingerprint density at radius 1 is 0.833 bits per heavy atom. The van der Waals surface area contributed by atoms with E-state index < -0.39 is 13.1 Å². The Hall–Kier alpha value is -2.58. The lowest BCUT2D eigenvalue weighted by atomic mass is 10.1. The summed E-state index contributed by atoms with van der Waals surface area (Å²) in [6.45, 7) is 0. The Balaban J connectivity index is 1.93. The number of allylic oxidation sites excluding steroid dienone is 4. The van der Waals surface area contributed by atoms with Crippen molar-refractivity contribution in [3.8, 4) is 11.5 Å². The maximum Gasteiger partial charge on any atom is 0.503 e. The molecule has 0 radical (unpaired) electrons. The molecule has 1 aliphatic carbocycles. The highest BCUT2D eigenvalue weighted by Gasteiger charge is 2.40. The second-order valence-corrected chi connectivity index (χ2v) is 7.02. The first-order valence-electron chi connectivity index (χ1n) is 7.68. The minimum absolute atomic E-state index is 0.325. The molecule has 0 N–H and O–H groups in total. The van der Waals surface area contributed by atoms with Crippen LogP contribution in [0.2, 0.25) is 0 Å². The average molecular weight is 340 g/mol. The van der Waals surface area contributed by atoms with Gasteiger partial charge >= 0.3 is 7.60 Å². The van der Waals surface area contributed by atoms with E-state index >= 15 is 0 Å². The SMILES string of the molecule is O=C(C1=CCCC=C1)P(=O)(Oc1ccccc1)Oc1ccccc1. The van der Waals surface area contributed by atoms with Gasteiger partial charge in [0.2, 0.25) is 0 Å². The molecule has 0 unspecified atom stereocenters. The van der Waals surface area contributed by atoms with Gasteiger partial charge in [0.15, 0.2) is 0 Å². The molecular formula is C19H17O4P. The third-order valence-corrected chi connectivity index (χ3v) is 5.09. The van der Waals surface area contributed by atoms with Crippen molar-refractivity contribution in [2.75, 3.05) is 0 Å². The number of carbonyl (C=O) groups is 1. The smallest absolute Gasteiger partial charge is 0.411 e. The standard InChI is InChI=1S/C19H17O4P/c20-19(16-10-4-1-5-11-16)24(21,22-17-12-6-2-7-13-17)23-18-14-8-3-9-15-18/h2-4,6-15H,1,5H2. The highest BCUT2D eigenvalue weighted by Crippen LogP contribution is 2.51. The van der Waals surface area contributed by atoms with Crippen LogP contribution in [-0.2, 0) is 9.36 Å². The van der Waals surface area contributed by atoms with E-state index in [1.165, 1.54) is 0 Å². The lowest BCUT2D eigenvalue weighted by Crippen LogP contribution is -2.13. The molecule has 0 bridgehead atoms. The van der Waals surface area contributed by atoms with Crippen LogP contribution in [0.5, 0.6) is 11.5 Å². The summed E-state index contributed by atoms with van der Waals surface area (Å²) in [4.78, 5) is 12.8. The first kappa shape index (κ1) is 16.3.